The van der Waals surface area contributed by atoms with Gasteiger partial charge in [0.25, 0.3) is 0 Å². The molecule has 12 heavy (non-hydrogen) atoms. The molecule has 0 amide bonds. The maximum absolute atomic E-state index is 3.65. The van der Waals surface area contributed by atoms with Gasteiger partial charge < -0.3 is 0 Å². The third-order valence-electron chi connectivity index (χ3n) is 4.16. The largest absolute Gasteiger partial charge is 0.161 e. The molecule has 1 heterocycles. The van der Waals surface area contributed by atoms with Crippen molar-refractivity contribution in [1.29, 1.82) is 0 Å². The van der Waals surface area contributed by atoms with Crippen molar-refractivity contribution in [2.45, 2.75) is 26.7 Å². The minimum Gasteiger partial charge on any atom is -0.161 e. The van der Waals surface area contributed by atoms with Crippen LogP contribution in [-0.4, -0.2) is 16.8 Å². The van der Waals surface area contributed by atoms with Crippen molar-refractivity contribution in [2.24, 2.45) is 16.7 Å². The fourth-order valence-corrected chi connectivity index (χ4v) is 6.01. The van der Waals surface area contributed by atoms with Crippen molar-refractivity contribution in [1.82, 2.24) is 0 Å². The van der Waals surface area contributed by atoms with Crippen LogP contribution in [0.4, 0.5) is 0 Å². The van der Waals surface area contributed by atoms with Crippen LogP contribution < -0.4 is 0 Å². The number of alkyl halides is 1. The molecule has 2 unspecified atom stereocenters. The van der Waals surface area contributed by atoms with E-state index in [4.69, 9.17) is 0 Å². The normalized spacial score (nSPS) is 44.8. The molecule has 0 bridgehead atoms. The summed E-state index contributed by atoms with van der Waals surface area (Å²) in [6.45, 7) is 4.90. The van der Waals surface area contributed by atoms with Crippen LogP contribution in [0.15, 0.2) is 0 Å². The molecule has 0 aromatic rings. The molecule has 0 N–H and O–H groups in total. The Hall–Kier alpha value is 0.830. The predicted molar refractivity (Wildman–Crippen MR) is 60.1 cm³/mol. The first-order valence-corrected chi connectivity index (χ1v) is 7.06. The molecule has 0 nitrogen and oxygen atoms in total. The van der Waals surface area contributed by atoms with Gasteiger partial charge in [0.2, 0.25) is 0 Å². The van der Waals surface area contributed by atoms with Gasteiger partial charge in [-0.2, -0.15) is 11.8 Å². The maximum atomic E-state index is 3.65. The first kappa shape index (κ1) is 9.39. The lowest BCUT2D eigenvalue weighted by atomic mass is 9.92. The lowest BCUT2D eigenvalue weighted by molar-refractivity contribution is 0.385. The minimum atomic E-state index is 0.615. The summed E-state index contributed by atoms with van der Waals surface area (Å²) in [5.41, 5.74) is 1.32. The van der Waals surface area contributed by atoms with Crippen LogP contribution in [0.2, 0.25) is 0 Å². The van der Waals surface area contributed by atoms with Gasteiger partial charge in [0.15, 0.2) is 0 Å². The Bertz CT molecular complexity index is 182. The first-order chi connectivity index (χ1) is 5.65. The summed E-state index contributed by atoms with van der Waals surface area (Å²) in [5.74, 6) is 3.75. The van der Waals surface area contributed by atoms with Crippen LogP contribution in [0.5, 0.6) is 0 Å². The summed E-state index contributed by atoms with van der Waals surface area (Å²) < 4.78 is 0. The molecular weight excluding hydrogens is 232 g/mol. The van der Waals surface area contributed by atoms with Gasteiger partial charge in [-0.15, -0.1) is 0 Å². The Morgan fingerprint density at radius 3 is 2.67 bits per heavy atom. The molecule has 1 spiro atoms. The summed E-state index contributed by atoms with van der Waals surface area (Å²) in [6.07, 6.45) is 2.92. The van der Waals surface area contributed by atoms with E-state index in [0.717, 1.165) is 5.92 Å². The predicted octanol–water partition coefficient (Wildman–Crippen LogP) is 3.55. The average molecular weight is 249 g/mol. The van der Waals surface area contributed by atoms with Crippen molar-refractivity contribution >= 4 is 27.7 Å². The lowest BCUT2D eigenvalue weighted by Crippen LogP contribution is -2.18. The number of hydrogen-bond donors (Lipinski definition) is 0. The summed E-state index contributed by atoms with van der Waals surface area (Å²) in [5, 5.41) is 1.21. The van der Waals surface area contributed by atoms with Gasteiger partial charge in [0.1, 0.15) is 0 Å². The summed E-state index contributed by atoms with van der Waals surface area (Å²) >= 11 is 5.82. The fraction of sp³-hybridized carbons (Fsp3) is 1.00. The Morgan fingerprint density at radius 2 is 2.25 bits per heavy atom. The van der Waals surface area contributed by atoms with Gasteiger partial charge in [0, 0.05) is 5.33 Å². The number of thioether (sulfide) groups is 1. The highest BCUT2D eigenvalue weighted by Crippen LogP contribution is 2.73. The SMILES string of the molecule is CC1(C)C(CBr)C12CCCSC2. The monoisotopic (exact) mass is 248 g/mol. The molecule has 2 atom stereocenters. The molecule has 1 saturated carbocycles. The van der Waals surface area contributed by atoms with E-state index in [1.165, 1.54) is 29.7 Å². The molecule has 0 radical (unpaired) electrons. The molecule has 70 valence electrons. The van der Waals surface area contributed by atoms with Crippen LogP contribution in [-0.2, 0) is 0 Å². The lowest BCUT2D eigenvalue weighted by Gasteiger charge is -2.24. The van der Waals surface area contributed by atoms with Crippen LogP contribution in [0.1, 0.15) is 26.7 Å². The molecule has 0 aromatic carbocycles. The van der Waals surface area contributed by atoms with Gasteiger partial charge in [-0.05, 0) is 41.1 Å². The van der Waals surface area contributed by atoms with Crippen molar-refractivity contribution in [3.05, 3.63) is 0 Å². The number of hydrogen-bond acceptors (Lipinski definition) is 1. The molecular formula is C10H17BrS. The Morgan fingerprint density at radius 1 is 1.50 bits per heavy atom. The zero-order valence-corrected chi connectivity index (χ0v) is 10.3. The molecule has 1 aliphatic carbocycles. The molecule has 2 fully saturated rings. The van der Waals surface area contributed by atoms with Gasteiger partial charge >= 0.3 is 0 Å². The smallest absolute Gasteiger partial charge is 0.00707 e. The van der Waals surface area contributed by atoms with Gasteiger partial charge in [-0.3, -0.25) is 0 Å². The van der Waals surface area contributed by atoms with E-state index >= 15 is 0 Å². The highest BCUT2D eigenvalue weighted by atomic mass is 79.9. The van der Waals surface area contributed by atoms with Gasteiger partial charge in [-0.1, -0.05) is 29.8 Å². The third-order valence-corrected chi connectivity index (χ3v) is 6.11. The van der Waals surface area contributed by atoms with E-state index in [1.807, 2.05) is 0 Å². The van der Waals surface area contributed by atoms with Crippen molar-refractivity contribution in [3.8, 4) is 0 Å². The zero-order valence-electron chi connectivity index (χ0n) is 7.90. The van der Waals surface area contributed by atoms with Crippen LogP contribution >= 0.6 is 27.7 Å². The van der Waals surface area contributed by atoms with E-state index < -0.39 is 0 Å². The Kier molecular flexibility index (Phi) is 2.28. The molecule has 1 saturated heterocycles. The van der Waals surface area contributed by atoms with E-state index in [1.54, 1.807) is 0 Å². The summed E-state index contributed by atoms with van der Waals surface area (Å²) in [7, 11) is 0. The van der Waals surface area contributed by atoms with E-state index in [2.05, 4.69) is 41.5 Å². The molecule has 1 aliphatic heterocycles. The van der Waals surface area contributed by atoms with Gasteiger partial charge in [0.05, 0.1) is 0 Å². The first-order valence-electron chi connectivity index (χ1n) is 4.79. The van der Waals surface area contributed by atoms with Crippen molar-refractivity contribution in [2.75, 3.05) is 16.8 Å². The molecule has 2 heteroatoms. The van der Waals surface area contributed by atoms with Crippen molar-refractivity contribution < 1.29 is 0 Å². The zero-order chi connectivity index (χ0) is 8.82. The number of halogens is 1. The number of rotatable bonds is 1. The summed E-state index contributed by atoms with van der Waals surface area (Å²) in [4.78, 5) is 0. The second-order valence-corrected chi connectivity index (χ2v) is 6.49. The second-order valence-electron chi connectivity index (χ2n) is 4.74. The van der Waals surface area contributed by atoms with Gasteiger partial charge in [-0.25, -0.2) is 0 Å². The van der Waals surface area contributed by atoms with Crippen LogP contribution in [0, 0.1) is 16.7 Å². The van der Waals surface area contributed by atoms with Crippen molar-refractivity contribution in [3.63, 3.8) is 0 Å². The molecule has 0 aromatic heterocycles. The van der Waals surface area contributed by atoms with Crippen LogP contribution in [0.25, 0.3) is 0 Å². The quantitative estimate of drug-likeness (QED) is 0.640. The maximum Gasteiger partial charge on any atom is 0.00707 e. The Balaban J connectivity index is 2.12. The second kappa shape index (κ2) is 2.91. The molecule has 2 aliphatic rings. The summed E-state index contributed by atoms with van der Waals surface area (Å²) in [6, 6.07) is 0. The minimum absolute atomic E-state index is 0.615. The van der Waals surface area contributed by atoms with E-state index in [-0.39, 0.29) is 0 Å². The molecule has 2 rings (SSSR count). The Labute approximate surface area is 88.0 Å². The fourth-order valence-electron chi connectivity index (χ4n) is 3.00. The van der Waals surface area contributed by atoms with Crippen LogP contribution in [0.3, 0.4) is 0 Å². The highest BCUT2D eigenvalue weighted by Gasteiger charge is 2.69. The van der Waals surface area contributed by atoms with E-state index in [9.17, 15) is 0 Å². The van der Waals surface area contributed by atoms with E-state index in [0.29, 0.717) is 10.8 Å². The third kappa shape index (κ3) is 1.03. The topological polar surface area (TPSA) is 0 Å². The average Bonchev–Trinajstić information content (AvgIpc) is 2.49. The standard InChI is InChI=1S/C10H17BrS/c1-9(2)8(6-11)10(9)4-3-5-12-7-10/h8H,3-7H2,1-2H3. The highest BCUT2D eigenvalue weighted by molar-refractivity contribution is 9.09.